The quantitative estimate of drug-likeness (QED) is 0.821. The number of furan rings is 1. The third kappa shape index (κ3) is 2.90. The molecule has 0 saturated heterocycles. The van der Waals surface area contributed by atoms with E-state index in [1.54, 1.807) is 0 Å². The highest BCUT2D eigenvalue weighted by atomic mass is 16.3. The molecule has 2 aromatic rings. The normalized spacial score (nSPS) is 13.8. The molecule has 0 fully saturated rings. The average molecular weight is 273 g/mol. The Balaban J connectivity index is 2.56. The summed E-state index contributed by atoms with van der Waals surface area (Å²) in [6.45, 7) is 12.3. The van der Waals surface area contributed by atoms with Crippen LogP contribution in [-0.4, -0.2) is 6.54 Å². The van der Waals surface area contributed by atoms with Crippen LogP contribution < -0.4 is 5.32 Å². The minimum absolute atomic E-state index is 0.158. The smallest absolute Gasteiger partial charge is 0.134 e. The second-order valence-electron chi connectivity index (χ2n) is 6.54. The van der Waals surface area contributed by atoms with Gasteiger partial charge in [0.15, 0.2) is 0 Å². The Morgan fingerprint density at radius 3 is 2.45 bits per heavy atom. The van der Waals surface area contributed by atoms with Gasteiger partial charge in [-0.3, -0.25) is 0 Å². The molecule has 2 rings (SSSR count). The molecule has 0 aliphatic carbocycles. The monoisotopic (exact) mass is 273 g/mol. The molecular formula is C18H27NO. The van der Waals surface area contributed by atoms with E-state index in [9.17, 15) is 0 Å². The third-order valence-corrected chi connectivity index (χ3v) is 3.79. The summed E-state index contributed by atoms with van der Waals surface area (Å²) >= 11 is 0. The van der Waals surface area contributed by atoms with E-state index in [1.165, 1.54) is 10.9 Å². The van der Waals surface area contributed by atoms with Crippen LogP contribution in [0.4, 0.5) is 0 Å². The van der Waals surface area contributed by atoms with Crippen molar-refractivity contribution in [1.82, 2.24) is 5.32 Å². The van der Waals surface area contributed by atoms with Crippen molar-refractivity contribution >= 4 is 11.0 Å². The zero-order valence-corrected chi connectivity index (χ0v) is 13.4. The fourth-order valence-electron chi connectivity index (χ4n) is 2.83. The number of fused-ring (bicyclic) bond motifs is 1. The fraction of sp³-hybridized carbons (Fsp3) is 0.556. The largest absolute Gasteiger partial charge is 0.461 e. The molecule has 0 bridgehead atoms. The van der Waals surface area contributed by atoms with Gasteiger partial charge in [-0.25, -0.2) is 0 Å². The first kappa shape index (κ1) is 15.1. The van der Waals surface area contributed by atoms with Crippen LogP contribution in [0.5, 0.6) is 0 Å². The van der Waals surface area contributed by atoms with Crippen LogP contribution in [-0.2, 0) is 6.42 Å². The summed E-state index contributed by atoms with van der Waals surface area (Å²) in [5.41, 5.74) is 2.52. The van der Waals surface area contributed by atoms with Crippen molar-refractivity contribution < 1.29 is 4.42 Å². The molecule has 0 aliphatic heterocycles. The van der Waals surface area contributed by atoms with Crippen molar-refractivity contribution in [3.8, 4) is 0 Å². The predicted octanol–water partition coefficient (Wildman–Crippen LogP) is 5.08. The van der Waals surface area contributed by atoms with Gasteiger partial charge in [0.25, 0.3) is 0 Å². The Morgan fingerprint density at radius 2 is 1.85 bits per heavy atom. The lowest BCUT2D eigenvalue weighted by Crippen LogP contribution is -2.33. The maximum atomic E-state index is 6.06. The molecule has 0 aliphatic rings. The first-order valence-electron chi connectivity index (χ1n) is 7.72. The van der Waals surface area contributed by atoms with Gasteiger partial charge >= 0.3 is 0 Å². The molecule has 1 aromatic carbocycles. The molecule has 20 heavy (non-hydrogen) atoms. The Bertz CT molecular complexity index is 562. The molecule has 110 valence electrons. The maximum Gasteiger partial charge on any atom is 0.134 e. The van der Waals surface area contributed by atoms with Gasteiger partial charge < -0.3 is 9.73 Å². The van der Waals surface area contributed by atoms with Crippen molar-refractivity contribution in [3.05, 3.63) is 35.6 Å². The van der Waals surface area contributed by atoms with Crippen LogP contribution in [0.15, 0.2) is 28.7 Å². The second-order valence-corrected chi connectivity index (χ2v) is 6.54. The summed E-state index contributed by atoms with van der Waals surface area (Å²) in [5.74, 6) is 1.12. The molecule has 0 saturated carbocycles. The summed E-state index contributed by atoms with van der Waals surface area (Å²) in [6, 6.07) is 8.71. The Labute approximate surface area is 122 Å². The fourth-order valence-corrected chi connectivity index (χ4v) is 2.83. The summed E-state index contributed by atoms with van der Waals surface area (Å²) in [5, 5.41) is 4.98. The Morgan fingerprint density at radius 1 is 1.15 bits per heavy atom. The number of benzene rings is 1. The molecule has 2 nitrogen and oxygen atoms in total. The average Bonchev–Trinajstić information content (AvgIpc) is 2.76. The zero-order valence-electron chi connectivity index (χ0n) is 13.4. The van der Waals surface area contributed by atoms with E-state index in [4.69, 9.17) is 4.42 Å². The van der Waals surface area contributed by atoms with Gasteiger partial charge in [0, 0.05) is 23.4 Å². The number of nitrogens with one attached hydrogen (secondary N) is 1. The van der Waals surface area contributed by atoms with E-state index in [-0.39, 0.29) is 5.41 Å². The van der Waals surface area contributed by atoms with Gasteiger partial charge in [0.2, 0.25) is 0 Å². The molecule has 2 heteroatoms. The molecule has 1 heterocycles. The summed E-state index contributed by atoms with van der Waals surface area (Å²) in [4.78, 5) is 0. The van der Waals surface area contributed by atoms with Crippen LogP contribution in [0.1, 0.15) is 58.4 Å². The number of para-hydroxylation sites is 1. The van der Waals surface area contributed by atoms with E-state index in [1.807, 2.05) is 6.07 Å². The second kappa shape index (κ2) is 6.01. The van der Waals surface area contributed by atoms with Crippen molar-refractivity contribution in [2.75, 3.05) is 6.54 Å². The van der Waals surface area contributed by atoms with E-state index >= 15 is 0 Å². The van der Waals surface area contributed by atoms with Crippen molar-refractivity contribution in [2.45, 2.75) is 53.5 Å². The van der Waals surface area contributed by atoms with Gasteiger partial charge in [0.1, 0.15) is 11.3 Å². The standard InChI is InChI=1S/C18H27NO/c1-6-12-19-17(18(3,4)5)16-13-10-8-9-11-15(13)20-14(16)7-2/h8-11,17,19H,6-7,12H2,1-5H3. The highest BCUT2D eigenvalue weighted by Gasteiger charge is 2.30. The highest BCUT2D eigenvalue weighted by Crippen LogP contribution is 2.40. The third-order valence-electron chi connectivity index (χ3n) is 3.79. The Kier molecular flexibility index (Phi) is 4.54. The van der Waals surface area contributed by atoms with E-state index in [0.29, 0.717) is 6.04 Å². The number of hydrogen-bond donors (Lipinski definition) is 1. The summed E-state index contributed by atoms with van der Waals surface area (Å²) < 4.78 is 6.06. The number of aryl methyl sites for hydroxylation is 1. The summed E-state index contributed by atoms with van der Waals surface area (Å²) in [7, 11) is 0. The predicted molar refractivity (Wildman–Crippen MR) is 86.1 cm³/mol. The number of hydrogen-bond acceptors (Lipinski definition) is 2. The molecule has 0 amide bonds. The first-order chi connectivity index (χ1) is 9.49. The SMILES string of the molecule is CCCNC(c1c(CC)oc2ccccc12)C(C)(C)C. The van der Waals surface area contributed by atoms with Gasteiger partial charge in [0.05, 0.1) is 0 Å². The number of rotatable bonds is 5. The van der Waals surface area contributed by atoms with Crippen LogP contribution >= 0.6 is 0 Å². The van der Waals surface area contributed by atoms with Crippen LogP contribution in [0.2, 0.25) is 0 Å². The molecule has 1 atom stereocenters. The molecule has 1 unspecified atom stereocenters. The van der Waals surface area contributed by atoms with Gasteiger partial charge in [-0.05, 0) is 24.4 Å². The highest BCUT2D eigenvalue weighted by molar-refractivity contribution is 5.83. The molecule has 1 N–H and O–H groups in total. The van der Waals surface area contributed by atoms with Gasteiger partial charge in [-0.2, -0.15) is 0 Å². The minimum atomic E-state index is 0.158. The molecular weight excluding hydrogens is 246 g/mol. The first-order valence-corrected chi connectivity index (χ1v) is 7.72. The molecule has 0 spiro atoms. The van der Waals surface area contributed by atoms with Crippen molar-refractivity contribution in [1.29, 1.82) is 0 Å². The lowest BCUT2D eigenvalue weighted by Gasteiger charge is -2.32. The molecule has 0 radical (unpaired) electrons. The maximum absolute atomic E-state index is 6.06. The lowest BCUT2D eigenvalue weighted by atomic mass is 9.81. The minimum Gasteiger partial charge on any atom is -0.461 e. The van der Waals surface area contributed by atoms with Crippen molar-refractivity contribution in [2.24, 2.45) is 5.41 Å². The van der Waals surface area contributed by atoms with E-state index < -0.39 is 0 Å². The van der Waals surface area contributed by atoms with E-state index in [0.717, 1.165) is 30.7 Å². The van der Waals surface area contributed by atoms with Crippen molar-refractivity contribution in [3.63, 3.8) is 0 Å². The zero-order chi connectivity index (χ0) is 14.8. The van der Waals surface area contributed by atoms with Crippen LogP contribution in [0.25, 0.3) is 11.0 Å². The lowest BCUT2D eigenvalue weighted by molar-refractivity contribution is 0.271. The molecule has 1 aromatic heterocycles. The van der Waals surface area contributed by atoms with Crippen LogP contribution in [0, 0.1) is 5.41 Å². The summed E-state index contributed by atoms with van der Waals surface area (Å²) in [6.07, 6.45) is 2.08. The topological polar surface area (TPSA) is 25.2 Å². The van der Waals surface area contributed by atoms with Gasteiger partial charge in [-0.15, -0.1) is 0 Å². The van der Waals surface area contributed by atoms with E-state index in [2.05, 4.69) is 58.1 Å². The van der Waals surface area contributed by atoms with Crippen LogP contribution in [0.3, 0.4) is 0 Å². The Hall–Kier alpha value is -1.28. The van der Waals surface area contributed by atoms with Gasteiger partial charge in [-0.1, -0.05) is 52.8 Å².